The number of hydrogen-bond donors (Lipinski definition) is 1. The van der Waals surface area contributed by atoms with Crippen molar-refractivity contribution in [2.24, 2.45) is 4.99 Å². The van der Waals surface area contributed by atoms with Crippen LogP contribution in [0.1, 0.15) is 5.56 Å². The van der Waals surface area contributed by atoms with Crippen LogP contribution in [-0.4, -0.2) is 10.8 Å². The molecule has 0 aliphatic carbocycles. The van der Waals surface area contributed by atoms with Crippen LogP contribution < -0.4 is 10.4 Å². The highest BCUT2D eigenvalue weighted by Crippen LogP contribution is 2.36. The largest absolute Gasteiger partial charge is 0.299 e. The van der Waals surface area contributed by atoms with E-state index < -0.39 is 0 Å². The molecule has 7 heteroatoms. The SMILES string of the molecule is N#Cc1cccc(Cl)c1N1NC=C2C1=CN=CN2Cl. The zero-order valence-electron chi connectivity index (χ0n) is 9.51. The molecule has 94 valence electrons. The van der Waals surface area contributed by atoms with E-state index in [2.05, 4.69) is 16.5 Å². The van der Waals surface area contributed by atoms with E-state index in [1.807, 2.05) is 0 Å². The summed E-state index contributed by atoms with van der Waals surface area (Å²) in [6.45, 7) is 0. The summed E-state index contributed by atoms with van der Waals surface area (Å²) in [5.41, 5.74) is 5.52. The van der Waals surface area contributed by atoms with Crippen LogP contribution in [0.2, 0.25) is 5.02 Å². The lowest BCUT2D eigenvalue weighted by Gasteiger charge is -2.25. The van der Waals surface area contributed by atoms with Crippen molar-refractivity contribution in [3.05, 3.63) is 52.6 Å². The Balaban J connectivity index is 2.10. The fourth-order valence-electron chi connectivity index (χ4n) is 1.92. The van der Waals surface area contributed by atoms with Crippen molar-refractivity contribution < 1.29 is 0 Å². The van der Waals surface area contributed by atoms with Gasteiger partial charge in [-0.05, 0) is 12.1 Å². The normalized spacial score (nSPS) is 16.5. The van der Waals surface area contributed by atoms with Crippen molar-refractivity contribution in [1.29, 1.82) is 5.26 Å². The van der Waals surface area contributed by atoms with Crippen LogP contribution in [0.3, 0.4) is 0 Å². The second-order valence-electron chi connectivity index (χ2n) is 3.83. The lowest BCUT2D eigenvalue weighted by molar-refractivity contribution is 0.823. The molecule has 1 N–H and O–H groups in total. The van der Waals surface area contributed by atoms with Crippen molar-refractivity contribution in [3.8, 4) is 6.07 Å². The molecule has 19 heavy (non-hydrogen) atoms. The van der Waals surface area contributed by atoms with Gasteiger partial charge in [0, 0.05) is 18.0 Å². The molecule has 0 fully saturated rings. The molecule has 0 bridgehead atoms. The molecular weight excluding hydrogens is 285 g/mol. The zero-order chi connectivity index (χ0) is 13.4. The number of anilines is 1. The first-order chi connectivity index (χ1) is 9.22. The van der Waals surface area contributed by atoms with Crippen LogP contribution in [0, 0.1) is 11.3 Å². The number of nitrogens with zero attached hydrogens (tertiary/aromatic N) is 4. The third kappa shape index (κ3) is 1.82. The highest BCUT2D eigenvalue weighted by Gasteiger charge is 2.29. The van der Waals surface area contributed by atoms with E-state index >= 15 is 0 Å². The summed E-state index contributed by atoms with van der Waals surface area (Å²) >= 11 is 12.2. The molecule has 0 amide bonds. The van der Waals surface area contributed by atoms with Gasteiger partial charge in [0.1, 0.15) is 23.8 Å². The maximum absolute atomic E-state index is 9.19. The standard InChI is InChI=1S/C12H7Cl2N5/c13-9-3-1-2-8(4-15)12(9)19-11-5-16-7-18(14)10(11)6-17-19/h1-3,5-7,17H. The summed E-state index contributed by atoms with van der Waals surface area (Å²) in [5, 5.41) is 11.3. The molecule has 0 radical (unpaired) electrons. The first kappa shape index (κ1) is 11.9. The van der Waals surface area contributed by atoms with Crippen molar-refractivity contribution in [2.75, 3.05) is 5.01 Å². The molecule has 2 aliphatic rings. The summed E-state index contributed by atoms with van der Waals surface area (Å²) in [4.78, 5) is 4.02. The van der Waals surface area contributed by atoms with Crippen LogP contribution >= 0.6 is 23.4 Å². The number of hydrazine groups is 1. The lowest BCUT2D eigenvalue weighted by Crippen LogP contribution is -2.31. The smallest absolute Gasteiger partial charge is 0.111 e. The first-order valence-corrected chi connectivity index (χ1v) is 6.08. The number of para-hydroxylation sites is 1. The average molecular weight is 292 g/mol. The molecule has 0 saturated heterocycles. The van der Waals surface area contributed by atoms with E-state index in [0.29, 0.717) is 16.3 Å². The minimum Gasteiger partial charge on any atom is -0.299 e. The van der Waals surface area contributed by atoms with E-state index in [9.17, 15) is 5.26 Å². The summed E-state index contributed by atoms with van der Waals surface area (Å²) in [7, 11) is 0. The van der Waals surface area contributed by atoms with Gasteiger partial charge in [-0.1, -0.05) is 17.7 Å². The Hall–Kier alpha value is -2.16. The number of rotatable bonds is 1. The third-order valence-corrected chi connectivity index (χ3v) is 3.33. The van der Waals surface area contributed by atoms with Gasteiger partial charge < -0.3 is 0 Å². The molecule has 0 spiro atoms. The predicted molar refractivity (Wildman–Crippen MR) is 74.1 cm³/mol. The molecular formula is C12H7Cl2N5. The van der Waals surface area contributed by atoms with Gasteiger partial charge in [-0.25, -0.2) is 14.4 Å². The highest BCUT2D eigenvalue weighted by molar-refractivity contribution is 6.33. The quantitative estimate of drug-likeness (QED) is 0.809. The van der Waals surface area contributed by atoms with Crippen LogP contribution in [0.4, 0.5) is 5.69 Å². The van der Waals surface area contributed by atoms with Gasteiger partial charge in [0.05, 0.1) is 22.5 Å². The molecule has 1 aromatic rings. The minimum atomic E-state index is 0.464. The highest BCUT2D eigenvalue weighted by atomic mass is 35.5. The number of benzene rings is 1. The Bertz CT molecular complexity index is 671. The van der Waals surface area contributed by atoms with Gasteiger partial charge in [0.15, 0.2) is 0 Å². The lowest BCUT2D eigenvalue weighted by atomic mass is 10.2. The fourth-order valence-corrected chi connectivity index (χ4v) is 2.37. The second-order valence-corrected chi connectivity index (χ2v) is 4.60. The predicted octanol–water partition coefficient (Wildman–Crippen LogP) is 2.72. The monoisotopic (exact) mass is 291 g/mol. The van der Waals surface area contributed by atoms with E-state index in [4.69, 9.17) is 23.4 Å². The van der Waals surface area contributed by atoms with Gasteiger partial charge in [0.2, 0.25) is 0 Å². The zero-order valence-corrected chi connectivity index (χ0v) is 11.0. The van der Waals surface area contributed by atoms with E-state index in [0.717, 1.165) is 11.4 Å². The summed E-state index contributed by atoms with van der Waals surface area (Å²) in [6.07, 6.45) is 4.85. The molecule has 0 unspecified atom stereocenters. The number of nitrogens with one attached hydrogen (secondary N) is 1. The molecule has 2 aliphatic heterocycles. The number of nitriles is 1. The molecule has 1 aromatic carbocycles. The van der Waals surface area contributed by atoms with Gasteiger partial charge in [-0.15, -0.1) is 0 Å². The molecule has 3 rings (SSSR count). The maximum atomic E-state index is 9.19. The first-order valence-electron chi connectivity index (χ1n) is 5.36. The Morgan fingerprint density at radius 3 is 2.95 bits per heavy atom. The summed E-state index contributed by atoms with van der Waals surface area (Å²) in [5.74, 6) is 0. The van der Waals surface area contributed by atoms with E-state index in [1.165, 1.54) is 10.8 Å². The van der Waals surface area contributed by atoms with Crippen molar-refractivity contribution in [2.45, 2.75) is 0 Å². The number of halogens is 2. The van der Waals surface area contributed by atoms with E-state index in [-0.39, 0.29) is 0 Å². The molecule has 5 nitrogen and oxygen atoms in total. The van der Waals surface area contributed by atoms with Crippen LogP contribution in [0.5, 0.6) is 0 Å². The Labute approximate surface area is 119 Å². The van der Waals surface area contributed by atoms with Crippen molar-refractivity contribution in [3.63, 3.8) is 0 Å². The number of aliphatic imine (C=N–C) groups is 1. The Morgan fingerprint density at radius 1 is 1.32 bits per heavy atom. The van der Waals surface area contributed by atoms with Crippen LogP contribution in [0.15, 0.2) is 47.0 Å². The molecule has 0 saturated carbocycles. The number of fused-ring (bicyclic) bond motifs is 1. The Morgan fingerprint density at radius 2 is 2.16 bits per heavy atom. The van der Waals surface area contributed by atoms with Gasteiger partial charge in [-0.2, -0.15) is 5.26 Å². The van der Waals surface area contributed by atoms with E-state index in [1.54, 1.807) is 35.6 Å². The van der Waals surface area contributed by atoms with Gasteiger partial charge in [-0.3, -0.25) is 5.43 Å². The third-order valence-electron chi connectivity index (χ3n) is 2.76. The topological polar surface area (TPSA) is 54.7 Å². The summed E-state index contributed by atoms with van der Waals surface area (Å²) < 4.78 is 1.37. The molecule has 0 atom stereocenters. The summed E-state index contributed by atoms with van der Waals surface area (Å²) in [6, 6.07) is 7.28. The molecule has 2 heterocycles. The van der Waals surface area contributed by atoms with Crippen molar-refractivity contribution in [1.82, 2.24) is 9.84 Å². The second kappa shape index (κ2) is 4.50. The van der Waals surface area contributed by atoms with Crippen molar-refractivity contribution >= 4 is 35.4 Å². The van der Waals surface area contributed by atoms with Gasteiger partial charge >= 0.3 is 0 Å². The fraction of sp³-hybridized carbons (Fsp3) is 0. The van der Waals surface area contributed by atoms with Crippen LogP contribution in [0.25, 0.3) is 0 Å². The van der Waals surface area contributed by atoms with Crippen LogP contribution in [-0.2, 0) is 0 Å². The Kier molecular flexibility index (Phi) is 2.82. The minimum absolute atomic E-state index is 0.464. The average Bonchev–Trinajstić information content (AvgIpc) is 2.83. The molecule has 0 aromatic heterocycles. The maximum Gasteiger partial charge on any atom is 0.111 e. The number of hydrogen-bond acceptors (Lipinski definition) is 5. The van der Waals surface area contributed by atoms with Gasteiger partial charge in [0.25, 0.3) is 0 Å².